The smallest absolute Gasteiger partial charge is 0.300 e. The van der Waals surface area contributed by atoms with Crippen LogP contribution in [0.4, 0.5) is 0 Å². The van der Waals surface area contributed by atoms with Crippen molar-refractivity contribution in [2.45, 2.75) is 13.8 Å². The van der Waals surface area contributed by atoms with Crippen molar-refractivity contribution in [3.05, 3.63) is 30.3 Å². The molecular formula is C14H23N4O2Si+. The summed E-state index contributed by atoms with van der Waals surface area (Å²) in [5.41, 5.74) is 0. The van der Waals surface area contributed by atoms with Gasteiger partial charge in [0.15, 0.2) is 5.19 Å². The van der Waals surface area contributed by atoms with E-state index in [1.807, 2.05) is 72.4 Å². The van der Waals surface area contributed by atoms with E-state index in [1.54, 1.807) is 10.0 Å². The number of nitrogens with zero attached hydrogens (tertiary/aromatic N) is 4. The summed E-state index contributed by atoms with van der Waals surface area (Å²) in [7, 11) is 5.67. The molecule has 0 aliphatic heterocycles. The molecule has 0 amide bonds. The van der Waals surface area contributed by atoms with E-state index in [2.05, 4.69) is 10.2 Å². The van der Waals surface area contributed by atoms with Gasteiger partial charge >= 0.3 is 9.28 Å². The largest absolute Gasteiger partial charge is 0.825 e. The summed E-state index contributed by atoms with van der Waals surface area (Å²) in [6.07, 6.45) is 0. The Balaban J connectivity index is 2.91. The van der Waals surface area contributed by atoms with Gasteiger partial charge in [0, 0.05) is 42.0 Å². The maximum absolute atomic E-state index is 5.89. The third-order valence-corrected chi connectivity index (χ3v) is 3.94. The Morgan fingerprint density at radius 1 is 0.857 bits per heavy atom. The molecule has 0 heterocycles. The lowest BCUT2D eigenvalue weighted by Crippen LogP contribution is -2.40. The first-order chi connectivity index (χ1) is 9.88. The molecule has 0 unspecified atom stereocenters. The maximum atomic E-state index is 5.89. The molecule has 0 N–H and O–H groups in total. The minimum absolute atomic E-state index is 0.565. The average molecular weight is 307 g/mol. The fourth-order valence-corrected chi connectivity index (χ4v) is 2.95. The molecule has 0 atom stereocenters. The summed E-state index contributed by atoms with van der Waals surface area (Å²) in [6, 6.07) is 9.86. The molecule has 0 aromatic heterocycles. The number of rotatable bonds is 5. The minimum atomic E-state index is -1.73. The maximum Gasteiger partial charge on any atom is 0.825 e. The second-order valence-corrected chi connectivity index (χ2v) is 6.35. The van der Waals surface area contributed by atoms with E-state index in [0.717, 1.165) is 5.19 Å². The predicted molar refractivity (Wildman–Crippen MR) is 87.6 cm³/mol. The molecule has 6 nitrogen and oxygen atoms in total. The third kappa shape index (κ3) is 6.80. The molecule has 0 radical (unpaired) electrons. The van der Waals surface area contributed by atoms with Crippen molar-refractivity contribution in [3.8, 4) is 0 Å². The number of benzene rings is 1. The monoisotopic (exact) mass is 307 g/mol. The molecular weight excluding hydrogens is 284 g/mol. The number of hydrogen-bond donors (Lipinski definition) is 0. The summed E-state index contributed by atoms with van der Waals surface area (Å²) >= 11 is 0. The van der Waals surface area contributed by atoms with Crippen LogP contribution in [-0.4, -0.2) is 59.3 Å². The zero-order chi connectivity index (χ0) is 15.8. The van der Waals surface area contributed by atoms with E-state index in [0.29, 0.717) is 11.8 Å². The van der Waals surface area contributed by atoms with Gasteiger partial charge in [-0.1, -0.05) is 18.2 Å². The molecule has 114 valence electrons. The normalized spacial score (nSPS) is 11.9. The summed E-state index contributed by atoms with van der Waals surface area (Å²) in [5.74, 6) is 1.13. The van der Waals surface area contributed by atoms with Crippen LogP contribution < -0.4 is 5.19 Å². The SMILES string of the molecule is C/C(=N\N(C)C)O[Si+](O/C(C)=N/N(C)C)c1ccccc1. The summed E-state index contributed by atoms with van der Waals surface area (Å²) in [6.45, 7) is 3.63. The molecule has 21 heavy (non-hydrogen) atoms. The second kappa shape index (κ2) is 8.31. The molecule has 0 fully saturated rings. The highest BCUT2D eigenvalue weighted by molar-refractivity contribution is 6.64. The van der Waals surface area contributed by atoms with Crippen molar-refractivity contribution in [1.29, 1.82) is 0 Å². The van der Waals surface area contributed by atoms with E-state index >= 15 is 0 Å². The highest BCUT2D eigenvalue weighted by atomic mass is 28.3. The molecule has 0 spiro atoms. The summed E-state index contributed by atoms with van der Waals surface area (Å²) in [5, 5.41) is 12.9. The van der Waals surface area contributed by atoms with Crippen molar-refractivity contribution in [2.75, 3.05) is 28.2 Å². The van der Waals surface area contributed by atoms with Crippen molar-refractivity contribution < 1.29 is 8.85 Å². The Bertz CT molecular complexity index is 463. The van der Waals surface area contributed by atoms with Crippen LogP contribution >= 0.6 is 0 Å². The molecule has 1 rings (SSSR count). The van der Waals surface area contributed by atoms with Crippen LogP contribution in [0.15, 0.2) is 40.5 Å². The van der Waals surface area contributed by atoms with Gasteiger partial charge in [0.2, 0.25) is 11.8 Å². The fraction of sp³-hybridized carbons (Fsp3) is 0.429. The van der Waals surface area contributed by atoms with Gasteiger partial charge in [-0.15, -0.1) is 10.2 Å². The molecule has 0 aliphatic rings. The first-order valence-corrected chi connectivity index (χ1v) is 7.93. The quantitative estimate of drug-likeness (QED) is 0.355. The fourth-order valence-electron chi connectivity index (χ4n) is 1.59. The summed E-state index contributed by atoms with van der Waals surface area (Å²) < 4.78 is 11.8. The van der Waals surface area contributed by atoms with Gasteiger partial charge < -0.3 is 8.85 Å². The number of hydrogen-bond acceptors (Lipinski definition) is 6. The van der Waals surface area contributed by atoms with Crippen molar-refractivity contribution >= 4 is 26.3 Å². The Labute approximate surface area is 128 Å². The van der Waals surface area contributed by atoms with Crippen LogP contribution in [0, 0.1) is 0 Å². The van der Waals surface area contributed by atoms with Crippen LogP contribution in [0.5, 0.6) is 0 Å². The zero-order valence-electron chi connectivity index (χ0n) is 13.5. The van der Waals surface area contributed by atoms with E-state index < -0.39 is 9.28 Å². The number of hydrazone groups is 2. The van der Waals surface area contributed by atoms with Crippen LogP contribution in [0.1, 0.15) is 13.8 Å². The van der Waals surface area contributed by atoms with E-state index in [-0.39, 0.29) is 0 Å². The molecule has 1 aromatic rings. The highest BCUT2D eigenvalue weighted by Gasteiger charge is 2.42. The topological polar surface area (TPSA) is 49.7 Å². The van der Waals surface area contributed by atoms with Crippen LogP contribution in [0.25, 0.3) is 0 Å². The van der Waals surface area contributed by atoms with Crippen molar-refractivity contribution in [1.82, 2.24) is 10.0 Å². The lowest BCUT2D eigenvalue weighted by Gasteiger charge is -2.08. The highest BCUT2D eigenvalue weighted by Crippen LogP contribution is 1.98. The molecule has 1 aromatic carbocycles. The molecule has 0 saturated carbocycles. The van der Waals surface area contributed by atoms with Crippen molar-refractivity contribution in [2.24, 2.45) is 10.2 Å². The Morgan fingerprint density at radius 3 is 1.67 bits per heavy atom. The summed E-state index contributed by atoms with van der Waals surface area (Å²) in [4.78, 5) is 0. The van der Waals surface area contributed by atoms with Gasteiger partial charge in [0.05, 0.1) is 0 Å². The molecule has 7 heteroatoms. The van der Waals surface area contributed by atoms with Crippen LogP contribution in [-0.2, 0) is 8.85 Å². The lowest BCUT2D eigenvalue weighted by atomic mass is 10.4. The predicted octanol–water partition coefficient (Wildman–Crippen LogP) is 1.20. The Kier molecular flexibility index (Phi) is 6.74. The van der Waals surface area contributed by atoms with Crippen LogP contribution in [0.3, 0.4) is 0 Å². The average Bonchev–Trinajstić information content (AvgIpc) is 2.37. The standard InChI is InChI=1S/C14H23N4O2Si/c1-12(15-17(3)4)19-21(14-10-8-7-9-11-14)20-13(2)16-18(5)6/h7-11H,1-6H3/q+1/b15-12+,16-13+. The first-order valence-electron chi connectivity index (χ1n) is 6.61. The minimum Gasteiger partial charge on any atom is -0.300 e. The van der Waals surface area contributed by atoms with Gasteiger partial charge in [-0.05, 0) is 12.1 Å². The van der Waals surface area contributed by atoms with Gasteiger partial charge in [0.25, 0.3) is 0 Å². The van der Waals surface area contributed by atoms with Gasteiger partial charge in [-0.25, -0.2) is 0 Å². The third-order valence-electron chi connectivity index (χ3n) is 2.17. The molecule has 0 bridgehead atoms. The van der Waals surface area contributed by atoms with Gasteiger partial charge in [0.1, 0.15) is 0 Å². The second-order valence-electron chi connectivity index (χ2n) is 4.79. The Hall–Kier alpha value is -2.02. The van der Waals surface area contributed by atoms with E-state index in [4.69, 9.17) is 8.85 Å². The van der Waals surface area contributed by atoms with Gasteiger partial charge in [-0.2, -0.15) is 0 Å². The van der Waals surface area contributed by atoms with Crippen molar-refractivity contribution in [3.63, 3.8) is 0 Å². The first kappa shape index (κ1) is 17.0. The molecule has 0 saturated heterocycles. The van der Waals surface area contributed by atoms with Gasteiger partial charge in [-0.3, -0.25) is 10.0 Å². The Morgan fingerprint density at radius 2 is 1.29 bits per heavy atom. The molecule has 0 aliphatic carbocycles. The van der Waals surface area contributed by atoms with E-state index in [9.17, 15) is 0 Å². The van der Waals surface area contributed by atoms with E-state index in [1.165, 1.54) is 0 Å². The van der Waals surface area contributed by atoms with Crippen LogP contribution in [0.2, 0.25) is 0 Å². The zero-order valence-corrected chi connectivity index (χ0v) is 14.5. The lowest BCUT2D eigenvalue weighted by molar-refractivity contribution is 0.371.